The van der Waals surface area contributed by atoms with Gasteiger partial charge in [-0.15, -0.1) is 0 Å². The zero-order valence-corrected chi connectivity index (χ0v) is 17.0. The van der Waals surface area contributed by atoms with Crippen molar-refractivity contribution in [1.29, 1.82) is 0 Å². The van der Waals surface area contributed by atoms with Crippen LogP contribution in [0.25, 0.3) is 0 Å². The molecule has 0 fully saturated rings. The zero-order valence-electron chi connectivity index (χ0n) is 17.0. The van der Waals surface area contributed by atoms with Crippen molar-refractivity contribution in [1.82, 2.24) is 4.90 Å². The summed E-state index contributed by atoms with van der Waals surface area (Å²) in [5.74, 6) is -0.282. The number of nitrogens with one attached hydrogen (secondary N) is 1. The van der Waals surface area contributed by atoms with Crippen molar-refractivity contribution < 1.29 is 19.1 Å². The molecule has 0 atom stereocenters. The van der Waals surface area contributed by atoms with Crippen LogP contribution in [0, 0.1) is 0 Å². The Morgan fingerprint density at radius 2 is 1.62 bits per heavy atom. The second-order valence-electron chi connectivity index (χ2n) is 8.27. The maximum absolute atomic E-state index is 12.3. The molecule has 2 amide bonds. The molecule has 0 aliphatic carbocycles. The van der Waals surface area contributed by atoms with E-state index in [1.807, 2.05) is 24.3 Å². The molecule has 0 radical (unpaired) electrons. The van der Waals surface area contributed by atoms with Crippen LogP contribution in [0.15, 0.2) is 24.3 Å². The standard InChI is InChI=1S/C20H32N2O4/c1-19(2,3)15-8-10-16(11-9-15)21-17(23)14-22(12-13-25-7)18(24)26-20(4,5)6/h8-11H,12-14H2,1-7H3,(H,21,23). The monoisotopic (exact) mass is 364 g/mol. The number of anilines is 1. The predicted molar refractivity (Wildman–Crippen MR) is 103 cm³/mol. The highest BCUT2D eigenvalue weighted by atomic mass is 16.6. The highest BCUT2D eigenvalue weighted by molar-refractivity contribution is 5.93. The van der Waals surface area contributed by atoms with Crippen LogP contribution in [-0.4, -0.2) is 49.3 Å². The molecule has 1 aromatic carbocycles. The molecule has 0 bridgehead atoms. The molecule has 1 aromatic rings. The topological polar surface area (TPSA) is 67.9 Å². The summed E-state index contributed by atoms with van der Waals surface area (Å²) in [5, 5.41) is 2.82. The van der Waals surface area contributed by atoms with E-state index in [2.05, 4.69) is 26.1 Å². The van der Waals surface area contributed by atoms with E-state index in [0.29, 0.717) is 12.3 Å². The van der Waals surface area contributed by atoms with Crippen molar-refractivity contribution in [2.75, 3.05) is 32.1 Å². The number of hydrogen-bond acceptors (Lipinski definition) is 4. The summed E-state index contributed by atoms with van der Waals surface area (Å²) in [7, 11) is 1.55. The summed E-state index contributed by atoms with van der Waals surface area (Å²) in [4.78, 5) is 26.0. The SMILES string of the molecule is COCCN(CC(=O)Nc1ccc(C(C)(C)C)cc1)C(=O)OC(C)(C)C. The van der Waals surface area contributed by atoms with Crippen LogP contribution >= 0.6 is 0 Å². The van der Waals surface area contributed by atoms with E-state index in [4.69, 9.17) is 9.47 Å². The largest absolute Gasteiger partial charge is 0.444 e. The molecule has 26 heavy (non-hydrogen) atoms. The van der Waals surface area contributed by atoms with Gasteiger partial charge in [0.1, 0.15) is 12.1 Å². The van der Waals surface area contributed by atoms with E-state index in [9.17, 15) is 9.59 Å². The molecule has 0 heterocycles. The van der Waals surface area contributed by atoms with Crippen LogP contribution in [0.3, 0.4) is 0 Å². The lowest BCUT2D eigenvalue weighted by atomic mass is 9.87. The lowest BCUT2D eigenvalue weighted by Crippen LogP contribution is -2.42. The molecule has 0 aliphatic heterocycles. The number of benzene rings is 1. The molecule has 1 N–H and O–H groups in total. The molecule has 0 unspecified atom stereocenters. The zero-order chi connectivity index (χ0) is 20.0. The van der Waals surface area contributed by atoms with Crippen LogP contribution < -0.4 is 5.32 Å². The average molecular weight is 364 g/mol. The van der Waals surface area contributed by atoms with Gasteiger partial charge in [-0.1, -0.05) is 32.9 Å². The first-order chi connectivity index (χ1) is 11.9. The van der Waals surface area contributed by atoms with E-state index in [0.717, 1.165) is 0 Å². The van der Waals surface area contributed by atoms with Gasteiger partial charge < -0.3 is 14.8 Å². The van der Waals surface area contributed by atoms with Crippen LogP contribution in [-0.2, 0) is 19.7 Å². The first-order valence-electron chi connectivity index (χ1n) is 8.79. The van der Waals surface area contributed by atoms with Gasteiger partial charge in [0.15, 0.2) is 0 Å². The van der Waals surface area contributed by atoms with E-state index < -0.39 is 11.7 Å². The van der Waals surface area contributed by atoms with Crippen molar-refractivity contribution in [3.8, 4) is 0 Å². The quantitative estimate of drug-likeness (QED) is 0.833. The molecule has 6 nitrogen and oxygen atoms in total. The number of carbonyl (C=O) groups excluding carboxylic acids is 2. The summed E-state index contributed by atoms with van der Waals surface area (Å²) in [5.41, 5.74) is 1.31. The number of nitrogens with zero attached hydrogens (tertiary/aromatic N) is 1. The Balaban J connectivity index is 2.72. The highest BCUT2D eigenvalue weighted by Gasteiger charge is 2.24. The van der Waals surface area contributed by atoms with Gasteiger partial charge in [-0.2, -0.15) is 0 Å². The Kier molecular flexibility index (Phi) is 7.63. The summed E-state index contributed by atoms with van der Waals surface area (Å²) in [6.45, 7) is 12.3. The maximum Gasteiger partial charge on any atom is 0.410 e. The normalized spacial score (nSPS) is 11.8. The fraction of sp³-hybridized carbons (Fsp3) is 0.600. The van der Waals surface area contributed by atoms with Gasteiger partial charge in [-0.25, -0.2) is 4.79 Å². The second kappa shape index (κ2) is 9.03. The Morgan fingerprint density at radius 3 is 2.08 bits per heavy atom. The third kappa shape index (κ3) is 7.87. The van der Waals surface area contributed by atoms with Gasteiger partial charge in [0.2, 0.25) is 5.91 Å². The maximum atomic E-state index is 12.3. The van der Waals surface area contributed by atoms with Crippen LogP contribution in [0.5, 0.6) is 0 Å². The van der Waals surface area contributed by atoms with Crippen LogP contribution in [0.4, 0.5) is 10.5 Å². The van der Waals surface area contributed by atoms with E-state index >= 15 is 0 Å². The number of methoxy groups -OCH3 is 1. The van der Waals surface area contributed by atoms with Gasteiger partial charge in [0.25, 0.3) is 0 Å². The third-order valence-corrected chi connectivity index (χ3v) is 3.59. The van der Waals surface area contributed by atoms with Gasteiger partial charge in [-0.05, 0) is 43.9 Å². The molecule has 0 spiro atoms. The van der Waals surface area contributed by atoms with Crippen molar-refractivity contribution in [3.05, 3.63) is 29.8 Å². The molecular weight excluding hydrogens is 332 g/mol. The minimum atomic E-state index is -0.623. The average Bonchev–Trinajstić information content (AvgIpc) is 2.49. The molecule has 0 saturated carbocycles. The molecule has 1 rings (SSSR count). The number of carbonyl (C=O) groups is 2. The van der Waals surface area contributed by atoms with E-state index in [1.54, 1.807) is 27.9 Å². The first-order valence-corrected chi connectivity index (χ1v) is 8.79. The summed E-state index contributed by atoms with van der Waals surface area (Å²) in [6, 6.07) is 7.72. The highest BCUT2D eigenvalue weighted by Crippen LogP contribution is 2.23. The molecule has 6 heteroatoms. The van der Waals surface area contributed by atoms with Gasteiger partial charge in [0.05, 0.1) is 6.61 Å². The summed E-state index contributed by atoms with van der Waals surface area (Å²) < 4.78 is 10.4. The number of hydrogen-bond donors (Lipinski definition) is 1. The number of amides is 2. The molecule has 0 aromatic heterocycles. The Labute approximate surface area is 156 Å². The smallest absolute Gasteiger partial charge is 0.410 e. The molecule has 0 saturated heterocycles. The van der Waals surface area contributed by atoms with Crippen LogP contribution in [0.1, 0.15) is 47.1 Å². The van der Waals surface area contributed by atoms with E-state index in [1.165, 1.54) is 10.5 Å². The lowest BCUT2D eigenvalue weighted by Gasteiger charge is -2.27. The minimum absolute atomic E-state index is 0.0518. The van der Waals surface area contributed by atoms with Crippen molar-refractivity contribution in [2.24, 2.45) is 0 Å². The Bertz CT molecular complexity index is 598. The molecule has 0 aliphatic rings. The Hall–Kier alpha value is -2.08. The fourth-order valence-corrected chi connectivity index (χ4v) is 2.19. The summed E-state index contributed by atoms with van der Waals surface area (Å²) >= 11 is 0. The minimum Gasteiger partial charge on any atom is -0.444 e. The van der Waals surface area contributed by atoms with E-state index in [-0.39, 0.29) is 24.4 Å². The number of ether oxygens (including phenoxy) is 2. The van der Waals surface area contributed by atoms with Crippen molar-refractivity contribution in [2.45, 2.75) is 52.6 Å². The molecular formula is C20H32N2O4. The Morgan fingerprint density at radius 1 is 1.04 bits per heavy atom. The number of rotatable bonds is 6. The summed E-state index contributed by atoms with van der Waals surface area (Å²) in [6.07, 6.45) is -0.534. The predicted octanol–water partition coefficient (Wildman–Crippen LogP) is 3.81. The molecule has 146 valence electrons. The second-order valence-corrected chi connectivity index (χ2v) is 8.27. The first kappa shape index (κ1) is 22.0. The lowest BCUT2D eigenvalue weighted by molar-refractivity contribution is -0.117. The van der Waals surface area contributed by atoms with Crippen molar-refractivity contribution >= 4 is 17.7 Å². The fourth-order valence-electron chi connectivity index (χ4n) is 2.19. The third-order valence-electron chi connectivity index (χ3n) is 3.59. The van der Waals surface area contributed by atoms with Crippen molar-refractivity contribution in [3.63, 3.8) is 0 Å². The van der Waals surface area contributed by atoms with Gasteiger partial charge >= 0.3 is 6.09 Å². The van der Waals surface area contributed by atoms with Gasteiger partial charge in [0, 0.05) is 19.3 Å². The van der Waals surface area contributed by atoms with Gasteiger partial charge in [-0.3, -0.25) is 9.69 Å². The van der Waals surface area contributed by atoms with Crippen LogP contribution in [0.2, 0.25) is 0 Å².